The van der Waals surface area contributed by atoms with Crippen LogP contribution in [0.1, 0.15) is 109 Å². The van der Waals surface area contributed by atoms with Crippen molar-refractivity contribution in [1.29, 1.82) is 0 Å². The zero-order valence-corrected chi connectivity index (χ0v) is 49.0. The molecule has 0 spiro atoms. The summed E-state index contributed by atoms with van der Waals surface area (Å²) in [5, 5.41) is 44.2. The lowest BCUT2D eigenvalue weighted by Crippen LogP contribution is -2.70. The number of H-pyrrole nitrogens is 1. The number of aliphatic carboxylic acids is 1. The molecule has 0 radical (unpaired) electrons. The third-order valence-corrected chi connectivity index (χ3v) is 13.9. The molecule has 2 rings (SSSR count). The lowest BCUT2D eigenvalue weighted by Gasteiger charge is -2.28. The Bertz CT molecular complexity index is 2230. The number of nitrogens with one attached hydrogen (secondary N) is 10. The number of rotatable bonds is 44. The van der Waals surface area contributed by atoms with Crippen LogP contribution in [0.5, 0.6) is 0 Å². The van der Waals surface area contributed by atoms with Crippen LogP contribution in [-0.2, 0) is 56.0 Å². The van der Waals surface area contributed by atoms with Gasteiger partial charge in [0.05, 0.1) is 26.0 Å². The number of aromatic nitrogens is 2. The maximum absolute atomic E-state index is 14.5. The van der Waals surface area contributed by atoms with E-state index in [0.717, 1.165) is 0 Å². The Hall–Kier alpha value is -6.31. The fourth-order valence-electron chi connectivity index (χ4n) is 8.59. The molecule has 2 aromatic rings. The molecule has 0 bridgehead atoms. The van der Waals surface area contributed by atoms with Crippen molar-refractivity contribution in [3.05, 3.63) is 54.1 Å². The highest BCUT2D eigenvalue weighted by Crippen LogP contribution is 2.13. The fourth-order valence-corrected chi connectivity index (χ4v) is 9.06. The molecule has 1 aromatic heterocycles. The molecule has 28 nitrogen and oxygen atoms in total. The van der Waals surface area contributed by atoms with E-state index in [-0.39, 0.29) is 63.8 Å². The summed E-state index contributed by atoms with van der Waals surface area (Å²) < 4.78 is 0. The van der Waals surface area contributed by atoms with Crippen molar-refractivity contribution in [1.82, 2.24) is 57.8 Å². The van der Waals surface area contributed by atoms with Gasteiger partial charge >= 0.3 is 5.97 Å². The molecule has 8 amide bonds. The minimum atomic E-state index is -1.33. The van der Waals surface area contributed by atoms with Gasteiger partial charge in [0.25, 0.3) is 5.91 Å². The van der Waals surface area contributed by atoms with Crippen molar-refractivity contribution in [3.63, 3.8) is 0 Å². The molecule has 0 unspecified atom stereocenters. The van der Waals surface area contributed by atoms with E-state index in [9.17, 15) is 53.4 Å². The van der Waals surface area contributed by atoms with E-state index < -0.39 is 120 Å². The number of carboxylic acid groups (broad SMARTS) is 1. The number of carboxylic acids is 1. The second-order valence-corrected chi connectivity index (χ2v) is 21.7. The lowest BCUT2D eigenvalue weighted by molar-refractivity contribution is -0.409. The average molecular weight is 1180 g/mol. The van der Waals surface area contributed by atoms with Gasteiger partial charge in [0.1, 0.15) is 61.2 Å². The number of quaternary nitrogens is 4. The minimum absolute atomic E-state index is 0.0134. The van der Waals surface area contributed by atoms with E-state index in [0.29, 0.717) is 81.6 Å². The second-order valence-electron chi connectivity index (χ2n) is 20.8. The maximum atomic E-state index is 14.5. The van der Waals surface area contributed by atoms with Gasteiger partial charge in [-0.2, -0.15) is 11.8 Å². The van der Waals surface area contributed by atoms with Crippen molar-refractivity contribution in [2.45, 2.75) is 171 Å². The van der Waals surface area contributed by atoms with Crippen LogP contribution in [0, 0.1) is 5.92 Å². The Kier molecular flexibility index (Phi) is 35.7. The van der Waals surface area contributed by atoms with Gasteiger partial charge in [0.2, 0.25) is 41.4 Å². The molecule has 0 aliphatic rings. The predicted octanol–water partition coefficient (Wildman–Crippen LogP) is -6.63. The zero-order valence-electron chi connectivity index (χ0n) is 48.1. The number of hydrogen-bond donors (Lipinski definition) is 18. The summed E-state index contributed by atoms with van der Waals surface area (Å²) in [6.07, 6.45) is 7.95. The molecular weight excluding hydrogens is 1080 g/mol. The van der Waals surface area contributed by atoms with Gasteiger partial charge in [-0.3, -0.25) is 43.7 Å². The third-order valence-electron chi connectivity index (χ3n) is 13.2. The molecule has 9 atom stereocenters. The number of aromatic amines is 1. The molecule has 0 saturated carbocycles. The van der Waals surface area contributed by atoms with Gasteiger partial charge in [-0.1, -0.05) is 44.2 Å². The topological polar surface area (TPSA) is 494 Å². The Morgan fingerprint density at radius 2 is 0.988 bits per heavy atom. The number of thioether (sulfide) groups is 1. The summed E-state index contributed by atoms with van der Waals surface area (Å²) in [6.45, 7) is 5.03. The second kappa shape index (κ2) is 40.8. The van der Waals surface area contributed by atoms with Crippen molar-refractivity contribution < 1.29 is 76.3 Å². The first-order valence-corrected chi connectivity index (χ1v) is 29.8. The smallest absolute Gasteiger partial charge is 0.326 e. The zero-order chi connectivity index (χ0) is 61.0. The predicted molar refractivity (Wildman–Crippen MR) is 306 cm³/mol. The van der Waals surface area contributed by atoms with Gasteiger partial charge in [0, 0.05) is 24.7 Å². The van der Waals surface area contributed by atoms with Gasteiger partial charge in [0.15, 0.2) is 6.04 Å². The fraction of sp³-hybridized carbons (Fsp3) is 0.660. The normalized spacial score (nSPS) is 14.6. The molecule has 1 heterocycles. The highest BCUT2D eigenvalue weighted by Gasteiger charge is 2.36. The number of imidazole rings is 1. The van der Waals surface area contributed by atoms with E-state index in [4.69, 9.17) is 11.5 Å². The average Bonchev–Trinajstić information content (AvgIpc) is 4.01. The monoisotopic (exact) mass is 1180 g/mol. The number of benzene rings is 1. The summed E-state index contributed by atoms with van der Waals surface area (Å²) in [5.74, 6) is -6.74. The van der Waals surface area contributed by atoms with Gasteiger partial charge in [-0.05, 0) is 114 Å². The summed E-state index contributed by atoms with van der Waals surface area (Å²) >= 11 is 1.42. The Balaban J connectivity index is 2.47. The number of carbonyl (C=O) groups is 9. The minimum Gasteiger partial charge on any atom is -0.480 e. The first-order chi connectivity index (χ1) is 39.2. The molecule has 82 heavy (non-hydrogen) atoms. The molecule has 28 N–H and O–H groups in total. The lowest BCUT2D eigenvalue weighted by atomic mass is 10.0. The standard InChI is InChI=1S/C53H93N17O11S/c1-32(2)26-41(49(77)66-39(20-25-82-3)48(76)69-42(27-33-14-5-4-6-15-33)50(78)67-40(52(80)81)18-9-12-23-56)68-46(74)37(17-8-11-22-55)64-45(73)36(16-7-10-21-54)65-51(79)43(28-34-29-60-31-62-34)70-47(75)38(19-13-24-61-53(58)59)63-44(72)35(57)30-71/h4-6,14-15,29,31-32,35-43,53,61,71H,7-13,16-28,30,54-59H2,1-3H3,(H,60,62)(H,63,72)(H,64,73)(H,65,79)(H,66,77)(H,67,78)(H,68,74)(H,69,76)(H,70,75)(H,80,81)/p+4/t35-,36-,37-,38-,39-,40-,41-,42-,43-/m0/s1. The number of nitrogens with zero attached hydrogens (tertiary/aromatic N) is 1. The quantitative estimate of drug-likeness (QED) is 0.0217. The number of carbonyl (C=O) groups excluding carboxylic acids is 8. The molecular formula is C53H97N17O11S+4. The van der Waals surface area contributed by atoms with Gasteiger partial charge in [-0.15, -0.1) is 0 Å². The van der Waals surface area contributed by atoms with Crippen molar-refractivity contribution in [2.24, 2.45) is 17.4 Å². The molecule has 29 heteroatoms. The van der Waals surface area contributed by atoms with Crippen LogP contribution in [0.4, 0.5) is 0 Å². The highest BCUT2D eigenvalue weighted by atomic mass is 32.2. The van der Waals surface area contributed by atoms with E-state index in [1.54, 1.807) is 30.3 Å². The Labute approximate surface area is 484 Å². The van der Waals surface area contributed by atoms with Crippen molar-refractivity contribution in [2.75, 3.05) is 44.8 Å². The number of nitrogens with two attached hydrogens (primary N) is 2. The number of unbranched alkanes of at least 4 members (excludes halogenated alkanes) is 3. The third kappa shape index (κ3) is 28.6. The number of hydrogen-bond acceptors (Lipinski definition) is 15. The van der Waals surface area contributed by atoms with E-state index >= 15 is 0 Å². The largest absolute Gasteiger partial charge is 0.480 e. The Morgan fingerprint density at radius 1 is 0.573 bits per heavy atom. The van der Waals surface area contributed by atoms with Crippen LogP contribution in [0.15, 0.2) is 42.9 Å². The van der Waals surface area contributed by atoms with Gasteiger partial charge in [-0.25, -0.2) is 9.78 Å². The molecule has 0 saturated heterocycles. The molecule has 0 aliphatic carbocycles. The molecule has 462 valence electrons. The number of aliphatic hydroxyl groups excluding tert-OH is 1. The SMILES string of the molecule is CSCC[C@H](NC(=O)[C@H](CC(C)C)NC(=O)[C@H](CCCC[NH3+])NC(=O)[C@H](CCCC[NH3+])NC(=O)[C@H](Cc1cnc[nH]1)NC(=O)[C@H](CCCNC(N)N)NC(=O)[C@@H]([NH3+])CO)C(=O)N[C@@H](Cc1ccccc1)C(=O)N[C@@H](CCCC[NH3+])C(=O)O. The van der Waals surface area contributed by atoms with E-state index in [2.05, 4.69) is 80.8 Å². The van der Waals surface area contributed by atoms with Crippen LogP contribution < -0.4 is 82.3 Å². The van der Waals surface area contributed by atoms with Crippen LogP contribution in [0.25, 0.3) is 0 Å². The van der Waals surface area contributed by atoms with Crippen LogP contribution in [-0.4, -0.2) is 179 Å². The summed E-state index contributed by atoms with van der Waals surface area (Å²) in [5.41, 5.74) is 27.6. The van der Waals surface area contributed by atoms with Crippen LogP contribution in [0.3, 0.4) is 0 Å². The van der Waals surface area contributed by atoms with Gasteiger partial charge < -0.3 is 92.1 Å². The molecule has 1 aromatic carbocycles. The van der Waals surface area contributed by atoms with Crippen molar-refractivity contribution >= 4 is 65.0 Å². The number of amides is 8. The maximum Gasteiger partial charge on any atom is 0.326 e. The highest BCUT2D eigenvalue weighted by molar-refractivity contribution is 7.98. The Morgan fingerprint density at radius 3 is 1.43 bits per heavy atom. The molecule has 0 aliphatic heterocycles. The van der Waals surface area contributed by atoms with Crippen molar-refractivity contribution in [3.8, 4) is 0 Å². The summed E-state index contributed by atoms with van der Waals surface area (Å²) in [4.78, 5) is 132. The first-order valence-electron chi connectivity index (χ1n) is 28.4. The summed E-state index contributed by atoms with van der Waals surface area (Å²) in [6, 6.07) is -2.08. The van der Waals surface area contributed by atoms with E-state index in [1.807, 2.05) is 20.1 Å². The van der Waals surface area contributed by atoms with E-state index in [1.165, 1.54) is 24.3 Å². The number of aliphatic hydroxyl groups is 1. The summed E-state index contributed by atoms with van der Waals surface area (Å²) in [7, 11) is 0. The van der Waals surface area contributed by atoms with Crippen LogP contribution >= 0.6 is 11.8 Å². The van der Waals surface area contributed by atoms with Crippen LogP contribution in [0.2, 0.25) is 0 Å². The first kappa shape index (κ1) is 71.8. The molecule has 0 fully saturated rings.